The lowest BCUT2D eigenvalue weighted by Gasteiger charge is -2.12. The Morgan fingerprint density at radius 3 is 2.23 bits per heavy atom. The van der Waals surface area contributed by atoms with Crippen LogP contribution in [0.2, 0.25) is 0 Å². The molecule has 0 aliphatic carbocycles. The van der Waals surface area contributed by atoms with Gasteiger partial charge < -0.3 is 15.2 Å². The van der Waals surface area contributed by atoms with Crippen molar-refractivity contribution >= 4 is 5.69 Å². The number of alkyl halides is 3. The van der Waals surface area contributed by atoms with Gasteiger partial charge in [-0.25, -0.2) is 0 Å². The SMILES string of the molecule is Nc1cc(OC(F)(F)F)cc(-c2cccc(OCc3ccccc3)c2)c1. The van der Waals surface area contributed by atoms with Crippen LogP contribution < -0.4 is 15.2 Å². The molecule has 0 bridgehead atoms. The van der Waals surface area contributed by atoms with Crippen LogP contribution in [0.4, 0.5) is 18.9 Å². The fraction of sp³-hybridized carbons (Fsp3) is 0.100. The molecule has 0 spiro atoms. The zero-order chi connectivity index (χ0) is 18.6. The molecule has 0 aliphatic rings. The minimum atomic E-state index is -4.77. The minimum Gasteiger partial charge on any atom is -0.489 e. The summed E-state index contributed by atoms with van der Waals surface area (Å²) < 4.78 is 47.1. The average molecular weight is 359 g/mol. The Morgan fingerprint density at radius 1 is 0.769 bits per heavy atom. The van der Waals surface area contributed by atoms with E-state index in [4.69, 9.17) is 10.5 Å². The van der Waals surface area contributed by atoms with E-state index < -0.39 is 6.36 Å². The highest BCUT2D eigenvalue weighted by Crippen LogP contribution is 2.32. The van der Waals surface area contributed by atoms with Crippen LogP contribution in [0.25, 0.3) is 11.1 Å². The molecule has 0 aliphatic heterocycles. The van der Waals surface area contributed by atoms with Crippen molar-refractivity contribution in [1.82, 2.24) is 0 Å². The van der Waals surface area contributed by atoms with Gasteiger partial charge >= 0.3 is 6.36 Å². The molecule has 0 saturated heterocycles. The minimum absolute atomic E-state index is 0.178. The van der Waals surface area contributed by atoms with Crippen molar-refractivity contribution in [3.8, 4) is 22.6 Å². The summed E-state index contributed by atoms with van der Waals surface area (Å²) in [6, 6.07) is 20.7. The fourth-order valence-corrected chi connectivity index (χ4v) is 2.49. The maximum atomic E-state index is 12.4. The number of hydrogen-bond acceptors (Lipinski definition) is 3. The molecule has 134 valence electrons. The van der Waals surface area contributed by atoms with Crippen molar-refractivity contribution in [1.29, 1.82) is 0 Å². The van der Waals surface area contributed by atoms with Crippen LogP contribution in [-0.2, 0) is 6.61 Å². The molecule has 6 heteroatoms. The Morgan fingerprint density at radius 2 is 1.50 bits per heavy atom. The largest absolute Gasteiger partial charge is 0.573 e. The third-order valence-corrected chi connectivity index (χ3v) is 3.58. The number of hydrogen-bond donors (Lipinski definition) is 1. The molecule has 0 aromatic heterocycles. The topological polar surface area (TPSA) is 44.5 Å². The van der Waals surface area contributed by atoms with Crippen LogP contribution in [-0.4, -0.2) is 6.36 Å². The summed E-state index contributed by atoms with van der Waals surface area (Å²) >= 11 is 0. The first-order valence-electron chi connectivity index (χ1n) is 7.82. The van der Waals surface area contributed by atoms with Crippen molar-refractivity contribution in [2.45, 2.75) is 13.0 Å². The molecule has 3 rings (SSSR count). The number of anilines is 1. The van der Waals surface area contributed by atoms with Gasteiger partial charge in [0.05, 0.1) is 0 Å². The Kier molecular flexibility index (Phi) is 5.02. The first-order chi connectivity index (χ1) is 12.4. The number of nitrogen functional groups attached to an aromatic ring is 1. The third-order valence-electron chi connectivity index (χ3n) is 3.58. The normalized spacial score (nSPS) is 11.2. The van der Waals surface area contributed by atoms with Crippen LogP contribution in [0.5, 0.6) is 11.5 Å². The lowest BCUT2D eigenvalue weighted by molar-refractivity contribution is -0.274. The van der Waals surface area contributed by atoms with Gasteiger partial charge in [0.1, 0.15) is 18.1 Å². The molecule has 0 saturated carbocycles. The quantitative estimate of drug-likeness (QED) is 0.619. The number of rotatable bonds is 5. The second-order valence-electron chi connectivity index (χ2n) is 5.64. The molecule has 0 heterocycles. The predicted octanol–water partition coefficient (Wildman–Crippen LogP) is 5.41. The summed E-state index contributed by atoms with van der Waals surface area (Å²) in [5.41, 5.74) is 8.09. The van der Waals surface area contributed by atoms with Gasteiger partial charge in [-0.3, -0.25) is 0 Å². The molecule has 26 heavy (non-hydrogen) atoms. The average Bonchev–Trinajstić information content (AvgIpc) is 2.59. The monoisotopic (exact) mass is 359 g/mol. The highest BCUT2D eigenvalue weighted by molar-refractivity contribution is 5.70. The molecular formula is C20H16F3NO2. The van der Waals surface area contributed by atoms with E-state index >= 15 is 0 Å². The van der Waals surface area contributed by atoms with Crippen LogP contribution in [0.3, 0.4) is 0 Å². The Hall–Kier alpha value is -3.15. The van der Waals surface area contributed by atoms with Gasteiger partial charge in [-0.1, -0.05) is 42.5 Å². The fourth-order valence-electron chi connectivity index (χ4n) is 2.49. The second kappa shape index (κ2) is 7.39. The molecule has 0 unspecified atom stereocenters. The Bertz CT molecular complexity index is 880. The molecule has 3 aromatic rings. The standard InChI is InChI=1S/C20H16F3NO2/c21-20(22,23)26-19-11-16(9-17(24)12-19)15-7-4-8-18(10-15)25-13-14-5-2-1-3-6-14/h1-12H,13,24H2. The summed E-state index contributed by atoms with van der Waals surface area (Å²) in [4.78, 5) is 0. The van der Waals surface area contributed by atoms with E-state index in [9.17, 15) is 13.2 Å². The molecule has 0 radical (unpaired) electrons. The highest BCUT2D eigenvalue weighted by atomic mass is 19.4. The van der Waals surface area contributed by atoms with E-state index in [1.165, 1.54) is 6.07 Å². The van der Waals surface area contributed by atoms with Gasteiger partial charge in [-0.05, 0) is 41.0 Å². The van der Waals surface area contributed by atoms with Gasteiger partial charge in [0.25, 0.3) is 0 Å². The number of halogens is 3. The van der Waals surface area contributed by atoms with E-state index in [0.29, 0.717) is 23.5 Å². The maximum Gasteiger partial charge on any atom is 0.573 e. The number of benzene rings is 3. The second-order valence-corrected chi connectivity index (χ2v) is 5.64. The smallest absolute Gasteiger partial charge is 0.489 e. The van der Waals surface area contributed by atoms with Gasteiger partial charge in [0.2, 0.25) is 0 Å². The Labute approximate surface area is 148 Å². The van der Waals surface area contributed by atoms with Crippen molar-refractivity contribution < 1.29 is 22.6 Å². The van der Waals surface area contributed by atoms with Crippen LogP contribution >= 0.6 is 0 Å². The first kappa shape index (κ1) is 17.7. The molecule has 0 fully saturated rings. The molecule has 3 aromatic carbocycles. The van der Waals surface area contributed by atoms with Gasteiger partial charge in [-0.2, -0.15) is 0 Å². The van der Waals surface area contributed by atoms with Crippen LogP contribution in [0.1, 0.15) is 5.56 Å². The first-order valence-corrected chi connectivity index (χ1v) is 7.82. The van der Waals surface area contributed by atoms with Crippen LogP contribution in [0, 0.1) is 0 Å². The zero-order valence-corrected chi connectivity index (χ0v) is 13.7. The lowest BCUT2D eigenvalue weighted by Crippen LogP contribution is -2.17. The van der Waals surface area contributed by atoms with Gasteiger partial charge in [-0.15, -0.1) is 13.2 Å². The predicted molar refractivity (Wildman–Crippen MR) is 93.7 cm³/mol. The molecule has 3 nitrogen and oxygen atoms in total. The molecule has 2 N–H and O–H groups in total. The summed E-state index contributed by atoms with van der Waals surface area (Å²) in [6.45, 7) is 0.393. The zero-order valence-electron chi connectivity index (χ0n) is 13.7. The highest BCUT2D eigenvalue weighted by Gasteiger charge is 2.31. The van der Waals surface area contributed by atoms with Gasteiger partial charge in [0, 0.05) is 11.8 Å². The molecular weight excluding hydrogens is 343 g/mol. The van der Waals surface area contributed by atoms with Crippen molar-refractivity contribution in [2.24, 2.45) is 0 Å². The summed E-state index contributed by atoms with van der Waals surface area (Å²) in [5.74, 6) is 0.246. The lowest BCUT2D eigenvalue weighted by atomic mass is 10.0. The molecule has 0 atom stereocenters. The van der Waals surface area contributed by atoms with Crippen LogP contribution in [0.15, 0.2) is 72.8 Å². The van der Waals surface area contributed by atoms with E-state index in [0.717, 1.165) is 11.6 Å². The maximum absolute atomic E-state index is 12.4. The van der Waals surface area contributed by atoms with E-state index in [-0.39, 0.29) is 11.4 Å². The van der Waals surface area contributed by atoms with E-state index in [1.807, 2.05) is 30.3 Å². The summed E-state index contributed by atoms with van der Waals surface area (Å²) in [5, 5.41) is 0. The molecule has 0 amide bonds. The summed E-state index contributed by atoms with van der Waals surface area (Å²) in [7, 11) is 0. The third kappa shape index (κ3) is 4.92. The van der Waals surface area contributed by atoms with Crippen molar-refractivity contribution in [3.05, 3.63) is 78.4 Å². The summed E-state index contributed by atoms with van der Waals surface area (Å²) in [6.07, 6.45) is -4.77. The van der Waals surface area contributed by atoms with Crippen molar-refractivity contribution in [2.75, 3.05) is 5.73 Å². The van der Waals surface area contributed by atoms with Crippen molar-refractivity contribution in [3.63, 3.8) is 0 Å². The number of nitrogens with two attached hydrogens (primary N) is 1. The number of ether oxygens (including phenoxy) is 2. The van der Waals surface area contributed by atoms with E-state index in [1.54, 1.807) is 30.3 Å². The Balaban J connectivity index is 1.81. The van der Waals surface area contributed by atoms with Gasteiger partial charge in [0.15, 0.2) is 0 Å². The van der Waals surface area contributed by atoms with E-state index in [2.05, 4.69) is 4.74 Å².